The average Bonchev–Trinajstić information content (AvgIpc) is 3.10. The fourth-order valence-corrected chi connectivity index (χ4v) is 3.98. The molecule has 0 N–H and O–H groups in total. The van der Waals surface area contributed by atoms with Gasteiger partial charge in [0.1, 0.15) is 5.75 Å². The minimum atomic E-state index is -0.146. The standard InChI is InChI=1S/C19H25N3O2S/c1-14-8-11-21(12-9-14)18(23)15(2)25-19-20-10-13-22(19)16-4-6-17(24-3)7-5-16/h4-7,10,13-15H,8-9,11-12H2,1-3H3. The predicted molar refractivity (Wildman–Crippen MR) is 100 cm³/mol. The summed E-state index contributed by atoms with van der Waals surface area (Å²) in [5.74, 6) is 1.75. The van der Waals surface area contributed by atoms with Gasteiger partial charge in [-0.2, -0.15) is 0 Å². The maximum atomic E-state index is 12.7. The second-order valence-electron chi connectivity index (χ2n) is 6.55. The molecule has 6 heteroatoms. The van der Waals surface area contributed by atoms with Crippen LogP contribution in [0.25, 0.3) is 5.69 Å². The molecule has 3 rings (SSSR count). The molecule has 1 aliphatic rings. The van der Waals surface area contributed by atoms with Crippen molar-refractivity contribution in [3.8, 4) is 11.4 Å². The number of likely N-dealkylation sites (tertiary alicyclic amines) is 1. The zero-order chi connectivity index (χ0) is 17.8. The summed E-state index contributed by atoms with van der Waals surface area (Å²) in [6, 6.07) is 7.83. The number of aromatic nitrogens is 2. The van der Waals surface area contributed by atoms with Gasteiger partial charge in [0.15, 0.2) is 5.16 Å². The monoisotopic (exact) mass is 359 g/mol. The first-order valence-electron chi connectivity index (χ1n) is 8.71. The summed E-state index contributed by atoms with van der Waals surface area (Å²) in [5, 5.41) is 0.684. The van der Waals surface area contributed by atoms with Gasteiger partial charge in [0, 0.05) is 31.2 Å². The lowest BCUT2D eigenvalue weighted by molar-refractivity contribution is -0.131. The third kappa shape index (κ3) is 4.18. The van der Waals surface area contributed by atoms with Gasteiger partial charge in [-0.05, 0) is 49.9 Å². The van der Waals surface area contributed by atoms with E-state index in [4.69, 9.17) is 4.74 Å². The normalized spacial score (nSPS) is 16.7. The summed E-state index contributed by atoms with van der Waals surface area (Å²) in [4.78, 5) is 19.2. The van der Waals surface area contributed by atoms with Gasteiger partial charge in [-0.3, -0.25) is 9.36 Å². The number of amides is 1. The zero-order valence-electron chi connectivity index (χ0n) is 15.0. The van der Waals surface area contributed by atoms with Crippen LogP contribution in [0, 0.1) is 5.92 Å². The summed E-state index contributed by atoms with van der Waals surface area (Å²) < 4.78 is 7.21. The van der Waals surface area contributed by atoms with Crippen LogP contribution in [0.1, 0.15) is 26.7 Å². The van der Waals surface area contributed by atoms with Crippen molar-refractivity contribution >= 4 is 17.7 Å². The molecule has 1 fully saturated rings. The van der Waals surface area contributed by atoms with Gasteiger partial charge < -0.3 is 9.64 Å². The molecule has 1 amide bonds. The largest absolute Gasteiger partial charge is 0.497 e. The van der Waals surface area contributed by atoms with Crippen molar-refractivity contribution in [3.05, 3.63) is 36.7 Å². The zero-order valence-corrected chi connectivity index (χ0v) is 15.8. The van der Waals surface area contributed by atoms with Crippen LogP contribution in [-0.2, 0) is 4.79 Å². The van der Waals surface area contributed by atoms with E-state index in [9.17, 15) is 4.79 Å². The van der Waals surface area contributed by atoms with Crippen LogP contribution in [0.4, 0.5) is 0 Å². The van der Waals surface area contributed by atoms with E-state index in [0.717, 1.165) is 48.4 Å². The molecule has 2 aromatic rings. The second-order valence-corrected chi connectivity index (χ2v) is 7.85. The Morgan fingerprint density at radius 1 is 1.28 bits per heavy atom. The van der Waals surface area contributed by atoms with E-state index in [1.54, 1.807) is 13.3 Å². The highest BCUT2D eigenvalue weighted by Gasteiger charge is 2.26. The summed E-state index contributed by atoms with van der Waals surface area (Å²) >= 11 is 1.51. The molecule has 5 nitrogen and oxygen atoms in total. The lowest BCUT2D eigenvalue weighted by Crippen LogP contribution is -2.41. The van der Waals surface area contributed by atoms with E-state index in [1.165, 1.54) is 11.8 Å². The topological polar surface area (TPSA) is 47.4 Å². The fraction of sp³-hybridized carbons (Fsp3) is 0.474. The van der Waals surface area contributed by atoms with E-state index in [0.29, 0.717) is 0 Å². The first-order valence-corrected chi connectivity index (χ1v) is 9.59. The van der Waals surface area contributed by atoms with Crippen LogP contribution in [0.3, 0.4) is 0 Å². The number of carbonyl (C=O) groups is 1. The van der Waals surface area contributed by atoms with E-state index in [2.05, 4.69) is 11.9 Å². The smallest absolute Gasteiger partial charge is 0.235 e. The predicted octanol–water partition coefficient (Wildman–Crippen LogP) is 3.62. The van der Waals surface area contributed by atoms with Crippen molar-refractivity contribution < 1.29 is 9.53 Å². The highest BCUT2D eigenvalue weighted by molar-refractivity contribution is 8.00. The second kappa shape index (κ2) is 7.95. The molecule has 0 aliphatic carbocycles. The maximum absolute atomic E-state index is 12.7. The Bertz CT molecular complexity index is 706. The number of benzene rings is 1. The Morgan fingerprint density at radius 3 is 2.60 bits per heavy atom. The van der Waals surface area contributed by atoms with Crippen LogP contribution in [-0.4, -0.2) is 45.8 Å². The van der Waals surface area contributed by atoms with Crippen molar-refractivity contribution in [1.29, 1.82) is 0 Å². The highest BCUT2D eigenvalue weighted by Crippen LogP contribution is 2.27. The van der Waals surface area contributed by atoms with Crippen LogP contribution in [0.5, 0.6) is 5.75 Å². The first kappa shape index (κ1) is 17.9. The Hall–Kier alpha value is -1.95. The average molecular weight is 359 g/mol. The van der Waals surface area contributed by atoms with Crippen molar-refractivity contribution in [1.82, 2.24) is 14.5 Å². The molecule has 1 aromatic heterocycles. The Balaban J connectivity index is 1.68. The molecule has 0 bridgehead atoms. The third-order valence-corrected chi connectivity index (χ3v) is 5.75. The molecule has 1 unspecified atom stereocenters. The lowest BCUT2D eigenvalue weighted by Gasteiger charge is -2.32. The molecule has 0 radical (unpaired) electrons. The van der Waals surface area contributed by atoms with Gasteiger partial charge >= 0.3 is 0 Å². The Morgan fingerprint density at radius 2 is 1.96 bits per heavy atom. The highest BCUT2D eigenvalue weighted by atomic mass is 32.2. The Kier molecular flexibility index (Phi) is 5.68. The number of hydrogen-bond donors (Lipinski definition) is 0. The van der Waals surface area contributed by atoms with Gasteiger partial charge in [0.25, 0.3) is 0 Å². The lowest BCUT2D eigenvalue weighted by atomic mass is 9.99. The first-order chi connectivity index (χ1) is 12.1. The van der Waals surface area contributed by atoms with Crippen molar-refractivity contribution in [2.75, 3.05) is 20.2 Å². The molecule has 2 heterocycles. The van der Waals surface area contributed by atoms with Crippen LogP contribution < -0.4 is 4.74 Å². The molecular formula is C19H25N3O2S. The Labute approximate surface area is 153 Å². The van der Waals surface area contributed by atoms with Gasteiger partial charge in [-0.25, -0.2) is 4.98 Å². The van der Waals surface area contributed by atoms with E-state index < -0.39 is 0 Å². The summed E-state index contributed by atoms with van der Waals surface area (Å²) in [6.45, 7) is 5.97. The third-order valence-electron chi connectivity index (χ3n) is 4.68. The van der Waals surface area contributed by atoms with Gasteiger partial charge in [0.2, 0.25) is 5.91 Å². The number of ether oxygens (including phenoxy) is 1. The molecule has 1 aromatic carbocycles. The molecule has 0 saturated carbocycles. The molecular weight excluding hydrogens is 334 g/mol. The summed E-state index contributed by atoms with van der Waals surface area (Å²) in [6.07, 6.45) is 5.89. The summed E-state index contributed by atoms with van der Waals surface area (Å²) in [5.41, 5.74) is 1.01. The van der Waals surface area contributed by atoms with E-state index in [1.807, 2.05) is 46.9 Å². The fourth-order valence-electron chi connectivity index (χ4n) is 3.01. The van der Waals surface area contributed by atoms with Crippen molar-refractivity contribution in [2.45, 2.75) is 37.1 Å². The van der Waals surface area contributed by atoms with Crippen LogP contribution in [0.2, 0.25) is 0 Å². The van der Waals surface area contributed by atoms with Crippen molar-refractivity contribution in [2.24, 2.45) is 5.92 Å². The molecule has 1 saturated heterocycles. The summed E-state index contributed by atoms with van der Waals surface area (Å²) in [7, 11) is 1.65. The number of imidazole rings is 1. The number of piperidine rings is 1. The van der Waals surface area contributed by atoms with Crippen LogP contribution >= 0.6 is 11.8 Å². The van der Waals surface area contributed by atoms with Gasteiger partial charge in [-0.15, -0.1) is 0 Å². The van der Waals surface area contributed by atoms with Gasteiger partial charge in [-0.1, -0.05) is 18.7 Å². The number of hydrogen-bond acceptors (Lipinski definition) is 4. The number of carbonyl (C=O) groups excluding carboxylic acids is 1. The number of nitrogens with zero attached hydrogens (tertiary/aromatic N) is 3. The number of rotatable bonds is 5. The molecule has 0 spiro atoms. The SMILES string of the molecule is COc1ccc(-n2ccnc2SC(C)C(=O)N2CCC(C)CC2)cc1. The molecule has 134 valence electrons. The minimum absolute atomic E-state index is 0.146. The van der Waals surface area contributed by atoms with Crippen molar-refractivity contribution in [3.63, 3.8) is 0 Å². The quantitative estimate of drug-likeness (QED) is 0.765. The molecule has 1 atom stereocenters. The molecule has 25 heavy (non-hydrogen) atoms. The van der Waals surface area contributed by atoms with E-state index in [-0.39, 0.29) is 11.2 Å². The maximum Gasteiger partial charge on any atom is 0.235 e. The van der Waals surface area contributed by atoms with E-state index >= 15 is 0 Å². The number of methoxy groups -OCH3 is 1. The van der Waals surface area contributed by atoms with Gasteiger partial charge in [0.05, 0.1) is 12.4 Å². The van der Waals surface area contributed by atoms with Crippen LogP contribution in [0.15, 0.2) is 41.8 Å². The minimum Gasteiger partial charge on any atom is -0.497 e. The number of thioether (sulfide) groups is 1. The molecule has 1 aliphatic heterocycles.